The monoisotopic (exact) mass is 426 g/mol. The van der Waals surface area contributed by atoms with Gasteiger partial charge in [0, 0.05) is 50.4 Å². The summed E-state index contributed by atoms with van der Waals surface area (Å²) in [4.78, 5) is 14.0. The van der Waals surface area contributed by atoms with E-state index in [1.54, 1.807) is 0 Å². The van der Waals surface area contributed by atoms with Crippen LogP contribution in [0.1, 0.15) is 45.8 Å². The number of guanidine groups is 1. The number of oxazole rings is 1. The molecule has 2 heterocycles. The van der Waals surface area contributed by atoms with E-state index in [1.165, 1.54) is 5.69 Å². The van der Waals surface area contributed by atoms with Crippen molar-refractivity contribution in [3.63, 3.8) is 0 Å². The second kappa shape index (κ2) is 11.2. The molecule has 0 unspecified atom stereocenters. The third-order valence-corrected chi connectivity index (χ3v) is 5.45. The van der Waals surface area contributed by atoms with E-state index < -0.39 is 0 Å². The lowest BCUT2D eigenvalue weighted by Crippen LogP contribution is -2.47. The molecule has 3 rings (SSSR count). The lowest BCUT2D eigenvalue weighted by Gasteiger charge is -2.36. The molecule has 1 aromatic carbocycles. The number of nitrogens with one attached hydrogen (secondary N) is 2. The number of piperazine rings is 1. The Hall–Kier alpha value is -2.54. The average Bonchev–Trinajstić information content (AvgIpc) is 3.26. The molecule has 0 aliphatic carbocycles. The lowest BCUT2D eigenvalue weighted by atomic mass is 9.94. The molecule has 0 radical (unpaired) electrons. The minimum atomic E-state index is -0.0374. The van der Waals surface area contributed by atoms with Crippen molar-refractivity contribution in [3.8, 4) is 0 Å². The van der Waals surface area contributed by atoms with E-state index in [-0.39, 0.29) is 5.41 Å². The highest BCUT2D eigenvalue weighted by Gasteiger charge is 2.19. The van der Waals surface area contributed by atoms with Crippen molar-refractivity contribution in [1.82, 2.24) is 20.5 Å². The SMILES string of the molecule is CCNC(=NCc1ncc(C(C)(C)C)o1)NCCCN1CCN(c2ccccc2)CC1. The minimum Gasteiger partial charge on any atom is -0.443 e. The zero-order valence-electron chi connectivity index (χ0n) is 19.5. The number of hydrogen-bond donors (Lipinski definition) is 2. The second-order valence-corrected chi connectivity index (χ2v) is 9.01. The Kier molecular flexibility index (Phi) is 8.35. The van der Waals surface area contributed by atoms with Crippen LogP contribution in [0.5, 0.6) is 0 Å². The number of aromatic nitrogens is 1. The Balaban J connectivity index is 1.38. The van der Waals surface area contributed by atoms with Crippen LogP contribution in [0.4, 0.5) is 5.69 Å². The fourth-order valence-electron chi connectivity index (χ4n) is 3.60. The summed E-state index contributed by atoms with van der Waals surface area (Å²) in [5.41, 5.74) is 1.29. The van der Waals surface area contributed by atoms with E-state index in [4.69, 9.17) is 4.42 Å². The van der Waals surface area contributed by atoms with Gasteiger partial charge in [0.2, 0.25) is 5.89 Å². The lowest BCUT2D eigenvalue weighted by molar-refractivity contribution is 0.255. The topological polar surface area (TPSA) is 68.9 Å². The molecule has 170 valence electrons. The number of para-hydroxylation sites is 1. The summed E-state index contributed by atoms with van der Waals surface area (Å²) in [7, 11) is 0. The molecular weight excluding hydrogens is 388 g/mol. The zero-order chi connectivity index (χ0) is 22.1. The van der Waals surface area contributed by atoms with Gasteiger partial charge in [0.1, 0.15) is 12.3 Å². The number of hydrogen-bond acceptors (Lipinski definition) is 5. The zero-order valence-corrected chi connectivity index (χ0v) is 19.5. The van der Waals surface area contributed by atoms with Gasteiger partial charge in [-0.05, 0) is 32.0 Å². The average molecular weight is 427 g/mol. The standard InChI is InChI=1S/C24H38N6O/c1-5-25-23(28-19-22-27-18-21(31-22)24(2,3)4)26-12-9-13-29-14-16-30(17-15-29)20-10-7-6-8-11-20/h6-8,10-11,18H,5,9,12-17,19H2,1-4H3,(H2,25,26,28). The van der Waals surface area contributed by atoms with Gasteiger partial charge in [0.25, 0.3) is 0 Å². The summed E-state index contributed by atoms with van der Waals surface area (Å²) in [5, 5.41) is 6.74. The quantitative estimate of drug-likeness (QED) is 0.384. The van der Waals surface area contributed by atoms with Crippen molar-refractivity contribution in [2.45, 2.75) is 46.1 Å². The van der Waals surface area contributed by atoms with Crippen LogP contribution in [0.15, 0.2) is 45.9 Å². The minimum absolute atomic E-state index is 0.0374. The van der Waals surface area contributed by atoms with E-state index in [9.17, 15) is 0 Å². The first kappa shape index (κ1) is 23.1. The largest absolute Gasteiger partial charge is 0.443 e. The van der Waals surface area contributed by atoms with Crippen molar-refractivity contribution < 1.29 is 4.42 Å². The van der Waals surface area contributed by atoms with Gasteiger partial charge >= 0.3 is 0 Å². The highest BCUT2D eigenvalue weighted by Crippen LogP contribution is 2.22. The second-order valence-electron chi connectivity index (χ2n) is 9.01. The molecule has 1 fully saturated rings. The summed E-state index contributed by atoms with van der Waals surface area (Å²) in [6.07, 6.45) is 2.89. The maximum Gasteiger partial charge on any atom is 0.216 e. The van der Waals surface area contributed by atoms with E-state index in [2.05, 4.69) is 88.4 Å². The van der Waals surface area contributed by atoms with Crippen LogP contribution in [0, 0.1) is 0 Å². The molecule has 1 saturated heterocycles. The highest BCUT2D eigenvalue weighted by atomic mass is 16.4. The van der Waals surface area contributed by atoms with Gasteiger partial charge in [-0.25, -0.2) is 9.98 Å². The van der Waals surface area contributed by atoms with Crippen LogP contribution in [0.3, 0.4) is 0 Å². The van der Waals surface area contributed by atoms with Crippen LogP contribution in [0.25, 0.3) is 0 Å². The predicted molar refractivity (Wildman–Crippen MR) is 128 cm³/mol. The number of rotatable bonds is 8. The first-order chi connectivity index (χ1) is 15.0. The summed E-state index contributed by atoms with van der Waals surface area (Å²) in [5.74, 6) is 2.35. The molecule has 2 aromatic rings. The first-order valence-electron chi connectivity index (χ1n) is 11.5. The summed E-state index contributed by atoms with van der Waals surface area (Å²) in [6.45, 7) is 16.1. The van der Waals surface area contributed by atoms with Gasteiger partial charge in [0.15, 0.2) is 5.96 Å². The van der Waals surface area contributed by atoms with Gasteiger partial charge < -0.3 is 20.0 Å². The first-order valence-corrected chi connectivity index (χ1v) is 11.5. The molecule has 31 heavy (non-hydrogen) atoms. The Morgan fingerprint density at radius 1 is 1.10 bits per heavy atom. The van der Waals surface area contributed by atoms with Gasteiger partial charge in [-0.1, -0.05) is 39.0 Å². The Morgan fingerprint density at radius 3 is 2.48 bits per heavy atom. The van der Waals surface area contributed by atoms with Crippen LogP contribution in [-0.4, -0.2) is 61.7 Å². The van der Waals surface area contributed by atoms with E-state index in [0.717, 1.165) is 64.0 Å². The van der Waals surface area contributed by atoms with Crippen molar-refractivity contribution in [2.75, 3.05) is 50.7 Å². The molecule has 7 nitrogen and oxygen atoms in total. The third kappa shape index (κ3) is 7.28. The number of anilines is 1. The summed E-state index contributed by atoms with van der Waals surface area (Å²) in [6, 6.07) is 10.7. The number of aliphatic imine (C=N–C) groups is 1. The van der Waals surface area contributed by atoms with Gasteiger partial charge in [-0.3, -0.25) is 4.90 Å². The molecule has 1 aliphatic heterocycles. The van der Waals surface area contributed by atoms with Crippen LogP contribution >= 0.6 is 0 Å². The molecule has 0 saturated carbocycles. The normalized spacial score (nSPS) is 15.9. The molecular formula is C24H38N6O. The molecule has 0 atom stereocenters. The van der Waals surface area contributed by atoms with Crippen LogP contribution in [0.2, 0.25) is 0 Å². The predicted octanol–water partition coefficient (Wildman–Crippen LogP) is 3.24. The van der Waals surface area contributed by atoms with Crippen molar-refractivity contribution >= 4 is 11.6 Å². The smallest absolute Gasteiger partial charge is 0.216 e. The fraction of sp³-hybridized carbons (Fsp3) is 0.583. The Bertz CT molecular complexity index is 803. The van der Waals surface area contributed by atoms with E-state index in [0.29, 0.717) is 12.4 Å². The fourth-order valence-corrected chi connectivity index (χ4v) is 3.60. The van der Waals surface area contributed by atoms with E-state index in [1.807, 2.05) is 6.20 Å². The molecule has 2 N–H and O–H groups in total. The molecule has 1 aromatic heterocycles. The molecule has 0 bridgehead atoms. The highest BCUT2D eigenvalue weighted by molar-refractivity contribution is 5.79. The number of benzene rings is 1. The van der Waals surface area contributed by atoms with Crippen molar-refractivity contribution in [3.05, 3.63) is 48.2 Å². The van der Waals surface area contributed by atoms with Crippen molar-refractivity contribution in [1.29, 1.82) is 0 Å². The third-order valence-electron chi connectivity index (χ3n) is 5.45. The Labute approximate surface area is 186 Å². The van der Waals surface area contributed by atoms with Gasteiger partial charge in [-0.2, -0.15) is 0 Å². The summed E-state index contributed by atoms with van der Waals surface area (Å²) < 4.78 is 5.84. The maximum atomic E-state index is 5.84. The van der Waals surface area contributed by atoms with Crippen molar-refractivity contribution in [2.24, 2.45) is 4.99 Å². The van der Waals surface area contributed by atoms with Crippen LogP contribution < -0.4 is 15.5 Å². The molecule has 0 amide bonds. The van der Waals surface area contributed by atoms with E-state index >= 15 is 0 Å². The number of nitrogens with zero attached hydrogens (tertiary/aromatic N) is 4. The van der Waals surface area contributed by atoms with Gasteiger partial charge in [-0.15, -0.1) is 0 Å². The molecule has 0 spiro atoms. The summed E-state index contributed by atoms with van der Waals surface area (Å²) >= 11 is 0. The maximum absolute atomic E-state index is 5.84. The van der Waals surface area contributed by atoms with Crippen LogP contribution in [-0.2, 0) is 12.0 Å². The van der Waals surface area contributed by atoms with Gasteiger partial charge in [0.05, 0.1) is 6.20 Å². The molecule has 1 aliphatic rings. The molecule has 7 heteroatoms. The Morgan fingerprint density at radius 2 is 1.84 bits per heavy atom.